The van der Waals surface area contributed by atoms with E-state index in [1.54, 1.807) is 12.1 Å². The molecule has 0 saturated heterocycles. The Labute approximate surface area is 149 Å². The average Bonchev–Trinajstić information content (AvgIpc) is 3.01. The molecule has 1 aromatic heterocycles. The molecule has 0 saturated carbocycles. The Hall–Kier alpha value is -2.77. The fourth-order valence-electron chi connectivity index (χ4n) is 1.76. The smallest absolute Gasteiger partial charge is 0.268 e. The number of nitrogens with zero attached hydrogens (tertiary/aromatic N) is 4. The molecular formula is C15H15N5O3S2. The first-order valence-electron chi connectivity index (χ1n) is 6.95. The molecule has 10 heteroatoms. The molecule has 2 rings (SSSR count). The highest BCUT2D eigenvalue weighted by atomic mass is 32.2. The van der Waals surface area contributed by atoms with Crippen LogP contribution >= 0.6 is 11.3 Å². The number of nitrogens with one attached hydrogen (secondary N) is 1. The first-order valence-corrected chi connectivity index (χ1v) is 9.65. The van der Waals surface area contributed by atoms with Gasteiger partial charge in [0.05, 0.1) is 0 Å². The molecule has 2 aromatic rings. The number of rotatable bonds is 5. The molecule has 0 aliphatic carbocycles. The van der Waals surface area contributed by atoms with Gasteiger partial charge in [-0.15, -0.1) is 10.2 Å². The van der Waals surface area contributed by atoms with Crippen LogP contribution in [0.3, 0.4) is 0 Å². The van der Waals surface area contributed by atoms with E-state index >= 15 is 0 Å². The molecule has 25 heavy (non-hydrogen) atoms. The van der Waals surface area contributed by atoms with Crippen LogP contribution in [0.15, 0.2) is 34.2 Å². The fourth-order valence-corrected chi connectivity index (χ4v) is 3.26. The Morgan fingerprint density at radius 2 is 1.92 bits per heavy atom. The van der Waals surface area contributed by atoms with Crippen LogP contribution in [0, 0.1) is 11.3 Å². The molecular weight excluding hydrogens is 362 g/mol. The zero-order chi connectivity index (χ0) is 18.6. The minimum atomic E-state index is -3.49. The van der Waals surface area contributed by atoms with Crippen molar-refractivity contribution in [2.24, 2.45) is 0 Å². The number of anilines is 2. The van der Waals surface area contributed by atoms with Crippen LogP contribution in [0.1, 0.15) is 5.56 Å². The molecule has 0 aliphatic rings. The van der Waals surface area contributed by atoms with Crippen molar-refractivity contribution in [3.8, 4) is 6.07 Å². The highest BCUT2D eigenvalue weighted by Gasteiger charge is 2.17. The standard InChI is InChI=1S/C15H15N5O3S2/c1-20(2)12-6-4-10(5-7-12)8-11(9-16)13(21)17-14-18-19-15(24-14)25(3,22)23/h4-8H,1-3H3,(H,17,18,21). The number of hydrogen-bond acceptors (Lipinski definition) is 8. The third-order valence-corrected chi connectivity index (χ3v) is 5.54. The van der Waals surface area contributed by atoms with E-state index < -0.39 is 15.7 Å². The molecule has 1 N–H and O–H groups in total. The maximum Gasteiger partial charge on any atom is 0.268 e. The first kappa shape index (κ1) is 18.6. The minimum Gasteiger partial charge on any atom is -0.378 e. The molecule has 1 aromatic carbocycles. The first-order chi connectivity index (χ1) is 11.7. The van der Waals surface area contributed by atoms with E-state index in [1.165, 1.54) is 6.08 Å². The number of amides is 1. The lowest BCUT2D eigenvalue weighted by atomic mass is 10.1. The summed E-state index contributed by atoms with van der Waals surface area (Å²) in [7, 11) is 0.324. The predicted molar refractivity (Wildman–Crippen MR) is 96.0 cm³/mol. The average molecular weight is 377 g/mol. The summed E-state index contributed by atoms with van der Waals surface area (Å²) >= 11 is 0.723. The second kappa shape index (κ2) is 7.42. The maximum atomic E-state index is 12.2. The summed E-state index contributed by atoms with van der Waals surface area (Å²) in [5, 5.41) is 18.7. The maximum absolute atomic E-state index is 12.2. The normalized spacial score (nSPS) is 11.7. The van der Waals surface area contributed by atoms with Crippen molar-refractivity contribution >= 4 is 44.0 Å². The largest absolute Gasteiger partial charge is 0.378 e. The Morgan fingerprint density at radius 1 is 1.28 bits per heavy atom. The zero-order valence-corrected chi connectivity index (χ0v) is 15.3. The van der Waals surface area contributed by atoms with Crippen molar-refractivity contribution in [2.75, 3.05) is 30.6 Å². The van der Waals surface area contributed by atoms with Crippen LogP contribution in [-0.4, -0.2) is 44.9 Å². The molecule has 130 valence electrons. The van der Waals surface area contributed by atoms with Crippen LogP contribution in [0.5, 0.6) is 0 Å². The van der Waals surface area contributed by atoms with Crippen molar-refractivity contribution in [3.63, 3.8) is 0 Å². The van der Waals surface area contributed by atoms with Crippen molar-refractivity contribution in [2.45, 2.75) is 4.34 Å². The summed E-state index contributed by atoms with van der Waals surface area (Å²) < 4.78 is 22.5. The number of hydrogen-bond donors (Lipinski definition) is 1. The van der Waals surface area contributed by atoms with Gasteiger partial charge in [-0.3, -0.25) is 10.1 Å². The lowest BCUT2D eigenvalue weighted by Gasteiger charge is -2.11. The molecule has 0 spiro atoms. The molecule has 1 amide bonds. The molecule has 0 bridgehead atoms. The van der Waals surface area contributed by atoms with Crippen LogP contribution in [0.4, 0.5) is 10.8 Å². The van der Waals surface area contributed by atoms with Crippen LogP contribution in [-0.2, 0) is 14.6 Å². The van der Waals surface area contributed by atoms with E-state index in [-0.39, 0.29) is 15.0 Å². The summed E-state index contributed by atoms with van der Waals surface area (Å²) in [5.41, 5.74) is 1.54. The van der Waals surface area contributed by atoms with E-state index in [1.807, 2.05) is 37.2 Å². The van der Waals surface area contributed by atoms with Crippen molar-refractivity contribution < 1.29 is 13.2 Å². The van der Waals surface area contributed by atoms with Gasteiger partial charge in [-0.1, -0.05) is 23.5 Å². The summed E-state index contributed by atoms with van der Waals surface area (Å²) in [6, 6.07) is 9.12. The predicted octanol–water partition coefficient (Wildman–Crippen LogP) is 1.55. The summed E-state index contributed by atoms with van der Waals surface area (Å²) in [4.78, 5) is 14.1. The van der Waals surface area contributed by atoms with E-state index in [0.29, 0.717) is 5.56 Å². The van der Waals surface area contributed by atoms with Crippen molar-refractivity contribution in [3.05, 3.63) is 35.4 Å². The Balaban J connectivity index is 2.18. The summed E-state index contributed by atoms with van der Waals surface area (Å²) in [6.07, 6.45) is 2.43. The lowest BCUT2D eigenvalue weighted by Crippen LogP contribution is -2.13. The number of carbonyl (C=O) groups excluding carboxylic acids is 1. The summed E-state index contributed by atoms with van der Waals surface area (Å²) in [6.45, 7) is 0. The van der Waals surface area contributed by atoms with Crippen LogP contribution in [0.2, 0.25) is 0 Å². The number of aromatic nitrogens is 2. The van der Waals surface area contributed by atoms with Gasteiger partial charge < -0.3 is 4.90 Å². The van der Waals surface area contributed by atoms with Gasteiger partial charge >= 0.3 is 0 Å². The Morgan fingerprint density at radius 3 is 2.40 bits per heavy atom. The second-order valence-corrected chi connectivity index (χ2v) is 8.42. The molecule has 0 aliphatic heterocycles. The highest BCUT2D eigenvalue weighted by molar-refractivity contribution is 7.92. The molecule has 0 fully saturated rings. The van der Waals surface area contributed by atoms with Gasteiger partial charge in [0, 0.05) is 26.0 Å². The molecule has 0 unspecified atom stereocenters. The van der Waals surface area contributed by atoms with Crippen LogP contribution in [0.25, 0.3) is 6.08 Å². The fraction of sp³-hybridized carbons (Fsp3) is 0.200. The molecule has 8 nitrogen and oxygen atoms in total. The van der Waals surface area contributed by atoms with Gasteiger partial charge in [0.1, 0.15) is 11.6 Å². The van der Waals surface area contributed by atoms with E-state index in [4.69, 9.17) is 0 Å². The highest BCUT2D eigenvalue weighted by Crippen LogP contribution is 2.20. The van der Waals surface area contributed by atoms with Gasteiger partial charge in [-0.25, -0.2) is 8.42 Å². The lowest BCUT2D eigenvalue weighted by molar-refractivity contribution is -0.112. The number of carbonyl (C=O) groups is 1. The van der Waals surface area contributed by atoms with Crippen molar-refractivity contribution in [1.29, 1.82) is 5.26 Å². The Bertz CT molecular complexity index is 954. The Kier molecular flexibility index (Phi) is 5.51. The third-order valence-electron chi connectivity index (χ3n) is 3.03. The molecule has 0 radical (unpaired) electrons. The van der Waals surface area contributed by atoms with Crippen molar-refractivity contribution in [1.82, 2.24) is 10.2 Å². The molecule has 1 heterocycles. The third kappa shape index (κ3) is 4.85. The SMILES string of the molecule is CN(C)c1ccc(C=C(C#N)C(=O)Nc2nnc(S(C)(=O)=O)s2)cc1. The number of benzene rings is 1. The van der Waals surface area contributed by atoms with E-state index in [9.17, 15) is 18.5 Å². The van der Waals surface area contributed by atoms with E-state index in [0.717, 1.165) is 23.3 Å². The van der Waals surface area contributed by atoms with Gasteiger partial charge in [-0.2, -0.15) is 5.26 Å². The summed E-state index contributed by atoms with van der Waals surface area (Å²) in [5.74, 6) is -0.685. The monoisotopic (exact) mass is 377 g/mol. The van der Waals surface area contributed by atoms with Gasteiger partial charge in [0.2, 0.25) is 19.3 Å². The minimum absolute atomic E-state index is 0.00882. The topological polar surface area (TPSA) is 116 Å². The van der Waals surface area contributed by atoms with Gasteiger partial charge in [0.25, 0.3) is 5.91 Å². The van der Waals surface area contributed by atoms with Gasteiger partial charge in [-0.05, 0) is 23.8 Å². The van der Waals surface area contributed by atoms with Gasteiger partial charge in [0.15, 0.2) is 0 Å². The zero-order valence-electron chi connectivity index (χ0n) is 13.7. The number of nitriles is 1. The molecule has 0 atom stereocenters. The van der Waals surface area contributed by atoms with Crippen LogP contribution < -0.4 is 10.2 Å². The quantitative estimate of drug-likeness (QED) is 0.477. The van der Waals surface area contributed by atoms with E-state index in [2.05, 4.69) is 15.5 Å². The second-order valence-electron chi connectivity index (χ2n) is 5.26. The number of sulfone groups is 1.